The molecule has 0 unspecified atom stereocenters. The molecule has 4 rings (SSSR count). The predicted octanol–water partition coefficient (Wildman–Crippen LogP) is 4.61. The SMILES string of the molecule is Cc1c(C(=O)COC(=O)c2cccc(S(=O)(=O)N(C)c3ccccc3)c2)oc2ccccc12. The smallest absolute Gasteiger partial charge is 0.338 e. The fraction of sp³-hybridized carbons (Fsp3) is 0.120. The number of anilines is 1. The minimum absolute atomic E-state index is 0.0201. The zero-order valence-electron chi connectivity index (χ0n) is 18.0. The molecule has 33 heavy (non-hydrogen) atoms. The molecule has 0 fully saturated rings. The van der Waals surface area contributed by atoms with Gasteiger partial charge in [0.2, 0.25) is 5.78 Å². The van der Waals surface area contributed by atoms with Crippen LogP contribution in [0.3, 0.4) is 0 Å². The second kappa shape index (κ2) is 8.91. The van der Waals surface area contributed by atoms with E-state index in [9.17, 15) is 18.0 Å². The van der Waals surface area contributed by atoms with Gasteiger partial charge >= 0.3 is 5.97 Å². The molecule has 0 N–H and O–H groups in total. The Morgan fingerprint density at radius 3 is 2.36 bits per heavy atom. The van der Waals surface area contributed by atoms with Crippen molar-refractivity contribution < 1.29 is 27.2 Å². The van der Waals surface area contributed by atoms with Crippen LogP contribution in [-0.4, -0.2) is 33.8 Å². The van der Waals surface area contributed by atoms with Crippen molar-refractivity contribution in [3.05, 3.63) is 95.7 Å². The molecule has 0 bridgehead atoms. The van der Waals surface area contributed by atoms with Crippen LogP contribution >= 0.6 is 0 Å². The zero-order valence-corrected chi connectivity index (χ0v) is 18.8. The molecule has 1 aromatic heterocycles. The first-order chi connectivity index (χ1) is 15.8. The summed E-state index contributed by atoms with van der Waals surface area (Å²) in [6, 6.07) is 21.3. The van der Waals surface area contributed by atoms with Crippen molar-refractivity contribution in [2.75, 3.05) is 18.0 Å². The van der Waals surface area contributed by atoms with Crippen LogP contribution < -0.4 is 4.31 Å². The topological polar surface area (TPSA) is 93.9 Å². The average Bonchev–Trinajstić information content (AvgIpc) is 3.19. The second-order valence-corrected chi connectivity index (χ2v) is 9.36. The number of rotatable bonds is 7. The summed E-state index contributed by atoms with van der Waals surface area (Å²) in [6.45, 7) is 1.23. The first-order valence-electron chi connectivity index (χ1n) is 10.1. The fourth-order valence-electron chi connectivity index (χ4n) is 3.44. The average molecular weight is 464 g/mol. The number of ether oxygens (including phenoxy) is 1. The minimum Gasteiger partial charge on any atom is -0.454 e. The molecule has 0 aliphatic rings. The molecule has 0 aliphatic carbocycles. The highest BCUT2D eigenvalue weighted by Crippen LogP contribution is 2.26. The van der Waals surface area contributed by atoms with Crippen LogP contribution in [0.15, 0.2) is 88.2 Å². The van der Waals surface area contributed by atoms with E-state index in [2.05, 4.69) is 0 Å². The van der Waals surface area contributed by atoms with Gasteiger partial charge in [0.05, 0.1) is 16.1 Å². The van der Waals surface area contributed by atoms with Gasteiger partial charge in [0.15, 0.2) is 12.4 Å². The number of hydrogen-bond acceptors (Lipinski definition) is 6. The van der Waals surface area contributed by atoms with Gasteiger partial charge < -0.3 is 9.15 Å². The van der Waals surface area contributed by atoms with Crippen molar-refractivity contribution in [1.29, 1.82) is 0 Å². The van der Waals surface area contributed by atoms with Gasteiger partial charge in [-0.2, -0.15) is 0 Å². The van der Waals surface area contributed by atoms with Crippen LogP contribution in [0.5, 0.6) is 0 Å². The highest BCUT2D eigenvalue weighted by molar-refractivity contribution is 7.92. The number of esters is 1. The van der Waals surface area contributed by atoms with E-state index in [-0.39, 0.29) is 16.2 Å². The molecule has 0 spiro atoms. The van der Waals surface area contributed by atoms with E-state index in [1.54, 1.807) is 49.4 Å². The van der Waals surface area contributed by atoms with Gasteiger partial charge in [-0.05, 0) is 43.3 Å². The maximum atomic E-state index is 13.0. The van der Waals surface area contributed by atoms with Gasteiger partial charge in [0, 0.05) is 18.0 Å². The molecule has 0 saturated carbocycles. The van der Waals surface area contributed by atoms with E-state index >= 15 is 0 Å². The van der Waals surface area contributed by atoms with E-state index in [0.29, 0.717) is 16.8 Å². The molecule has 3 aromatic carbocycles. The van der Waals surface area contributed by atoms with E-state index < -0.39 is 28.4 Å². The van der Waals surface area contributed by atoms with Crippen molar-refractivity contribution >= 4 is 38.4 Å². The molecule has 168 valence electrons. The highest BCUT2D eigenvalue weighted by atomic mass is 32.2. The lowest BCUT2D eigenvalue weighted by atomic mass is 10.1. The number of carbonyl (C=O) groups excluding carboxylic acids is 2. The van der Waals surface area contributed by atoms with E-state index in [0.717, 1.165) is 9.69 Å². The number of benzene rings is 3. The normalized spacial score (nSPS) is 11.3. The number of aryl methyl sites for hydroxylation is 1. The minimum atomic E-state index is -3.90. The van der Waals surface area contributed by atoms with Gasteiger partial charge in [0.1, 0.15) is 5.58 Å². The Labute approximate surface area is 191 Å². The standard InChI is InChI=1S/C25H21NO6S/c1-17-21-13-6-7-14-23(21)32-24(17)22(27)16-31-25(28)18-9-8-12-20(15-18)33(29,30)26(2)19-10-4-3-5-11-19/h3-15H,16H2,1-2H3. The van der Waals surface area contributed by atoms with E-state index in [1.807, 2.05) is 12.1 Å². The Kier molecular flexibility index (Phi) is 6.02. The molecule has 4 aromatic rings. The number of para-hydroxylation sites is 2. The monoisotopic (exact) mass is 463 g/mol. The number of nitrogens with zero attached hydrogens (tertiary/aromatic N) is 1. The fourth-order valence-corrected chi connectivity index (χ4v) is 4.68. The summed E-state index contributed by atoms with van der Waals surface area (Å²) < 4.78 is 37.9. The molecule has 0 atom stereocenters. The quantitative estimate of drug-likeness (QED) is 0.294. The van der Waals surface area contributed by atoms with Gasteiger partial charge in [-0.1, -0.05) is 42.5 Å². The summed E-state index contributed by atoms with van der Waals surface area (Å²) >= 11 is 0. The number of fused-ring (bicyclic) bond motifs is 1. The molecule has 0 radical (unpaired) electrons. The first-order valence-corrected chi connectivity index (χ1v) is 11.6. The van der Waals surface area contributed by atoms with Crippen molar-refractivity contribution in [2.24, 2.45) is 0 Å². The van der Waals surface area contributed by atoms with Crippen LogP contribution in [0, 0.1) is 6.92 Å². The number of Topliss-reactive ketones (excluding diaryl/α,β-unsaturated/α-hetero) is 1. The Hall–Kier alpha value is -3.91. The van der Waals surface area contributed by atoms with E-state index in [1.165, 1.54) is 31.3 Å². The summed E-state index contributed by atoms with van der Waals surface area (Å²) in [5.41, 5.74) is 1.75. The van der Waals surface area contributed by atoms with Gasteiger partial charge in [-0.25, -0.2) is 13.2 Å². The number of ketones is 1. The summed E-state index contributed by atoms with van der Waals surface area (Å²) in [5, 5.41) is 0.813. The van der Waals surface area contributed by atoms with Crippen LogP contribution in [0.4, 0.5) is 5.69 Å². The number of furan rings is 1. The Morgan fingerprint density at radius 1 is 0.939 bits per heavy atom. The third kappa shape index (κ3) is 4.38. The lowest BCUT2D eigenvalue weighted by molar-refractivity contribution is 0.0468. The van der Waals surface area contributed by atoms with Crippen molar-refractivity contribution in [2.45, 2.75) is 11.8 Å². The largest absolute Gasteiger partial charge is 0.454 e. The summed E-state index contributed by atoms with van der Waals surface area (Å²) in [4.78, 5) is 25.0. The van der Waals surface area contributed by atoms with Crippen LogP contribution in [0.25, 0.3) is 11.0 Å². The van der Waals surface area contributed by atoms with Crippen molar-refractivity contribution in [1.82, 2.24) is 0 Å². The lowest BCUT2D eigenvalue weighted by Gasteiger charge is -2.19. The lowest BCUT2D eigenvalue weighted by Crippen LogP contribution is -2.26. The molecule has 0 amide bonds. The molecule has 0 aliphatic heterocycles. The summed E-state index contributed by atoms with van der Waals surface area (Å²) in [7, 11) is -2.46. The summed E-state index contributed by atoms with van der Waals surface area (Å²) in [6.07, 6.45) is 0. The number of sulfonamides is 1. The number of carbonyl (C=O) groups is 2. The first kappa shape index (κ1) is 22.3. The zero-order chi connectivity index (χ0) is 23.6. The van der Waals surface area contributed by atoms with Gasteiger partial charge in [0.25, 0.3) is 10.0 Å². The molecule has 8 heteroatoms. The molecule has 0 saturated heterocycles. The molecular weight excluding hydrogens is 442 g/mol. The Balaban J connectivity index is 1.49. The molecule has 1 heterocycles. The predicted molar refractivity (Wildman–Crippen MR) is 124 cm³/mol. The van der Waals surface area contributed by atoms with Crippen molar-refractivity contribution in [3.8, 4) is 0 Å². The van der Waals surface area contributed by atoms with Crippen LogP contribution in [0.1, 0.15) is 26.5 Å². The number of hydrogen-bond donors (Lipinski definition) is 0. The second-order valence-electron chi connectivity index (χ2n) is 7.39. The van der Waals surface area contributed by atoms with E-state index in [4.69, 9.17) is 9.15 Å². The van der Waals surface area contributed by atoms with Gasteiger partial charge in [-0.3, -0.25) is 9.10 Å². The van der Waals surface area contributed by atoms with Crippen molar-refractivity contribution in [3.63, 3.8) is 0 Å². The third-order valence-electron chi connectivity index (χ3n) is 5.28. The molecule has 7 nitrogen and oxygen atoms in total. The highest BCUT2D eigenvalue weighted by Gasteiger charge is 2.24. The maximum absolute atomic E-state index is 13.0. The molecular formula is C25H21NO6S. The van der Waals surface area contributed by atoms with Crippen LogP contribution in [0.2, 0.25) is 0 Å². The summed E-state index contributed by atoms with van der Waals surface area (Å²) in [5.74, 6) is -1.16. The maximum Gasteiger partial charge on any atom is 0.338 e. The Bertz CT molecular complexity index is 1440. The third-order valence-corrected chi connectivity index (χ3v) is 7.06. The van der Waals surface area contributed by atoms with Gasteiger partial charge in [-0.15, -0.1) is 0 Å². The van der Waals surface area contributed by atoms with Crippen LogP contribution in [-0.2, 0) is 14.8 Å². The Morgan fingerprint density at radius 2 is 1.64 bits per heavy atom.